The molecule has 0 radical (unpaired) electrons. The molecule has 2 fully saturated rings. The molecule has 6 nitrogen and oxygen atoms in total. The van der Waals surface area contributed by atoms with E-state index in [1.807, 2.05) is 38.1 Å². The van der Waals surface area contributed by atoms with Gasteiger partial charge in [0, 0.05) is 42.6 Å². The van der Waals surface area contributed by atoms with E-state index in [1.165, 1.54) is 5.56 Å². The van der Waals surface area contributed by atoms with Crippen LogP contribution in [0.2, 0.25) is 0 Å². The minimum Gasteiger partial charge on any atom is -0.392 e. The van der Waals surface area contributed by atoms with Crippen molar-refractivity contribution in [1.82, 2.24) is 14.8 Å². The number of para-hydroxylation sites is 1. The van der Waals surface area contributed by atoms with Crippen LogP contribution in [0.3, 0.4) is 0 Å². The number of hydrogen-bond donors (Lipinski definition) is 2. The Kier molecular flexibility index (Phi) is 5.44. The number of aliphatic hydroxyl groups excluding tert-OH is 1. The zero-order chi connectivity index (χ0) is 20.8. The number of hydrogen-bond acceptors (Lipinski definition) is 4. The smallest absolute Gasteiger partial charge is 0.255 e. The second-order valence-corrected chi connectivity index (χ2v) is 9.04. The molecule has 2 N–H and O–H groups in total. The summed E-state index contributed by atoms with van der Waals surface area (Å²) in [6, 6.07) is 5.94. The summed E-state index contributed by atoms with van der Waals surface area (Å²) in [5, 5.41) is 11.6. The highest BCUT2D eigenvalue weighted by Gasteiger charge is 2.56. The largest absolute Gasteiger partial charge is 0.392 e. The predicted molar refractivity (Wildman–Crippen MR) is 114 cm³/mol. The Morgan fingerprint density at radius 3 is 2.69 bits per heavy atom. The SMILES string of the molecule is Cc1[nH]c2c(C(=O)N3CCC4(CC3)[C@@H](O)C[C@H]4OCCN(C)C)cccc2c1C. The average molecular weight is 400 g/mol. The van der Waals surface area contributed by atoms with E-state index < -0.39 is 0 Å². The number of likely N-dealkylation sites (tertiary alicyclic amines) is 1. The topological polar surface area (TPSA) is 68.8 Å². The average Bonchev–Trinajstić information content (AvgIpc) is 3.01. The third-order valence-electron chi connectivity index (χ3n) is 7.16. The third-order valence-corrected chi connectivity index (χ3v) is 7.16. The Balaban J connectivity index is 1.44. The molecule has 29 heavy (non-hydrogen) atoms. The van der Waals surface area contributed by atoms with Gasteiger partial charge in [-0.3, -0.25) is 4.79 Å². The molecule has 6 heteroatoms. The van der Waals surface area contributed by atoms with E-state index in [4.69, 9.17) is 4.74 Å². The summed E-state index contributed by atoms with van der Waals surface area (Å²) in [6.07, 6.45) is 2.09. The van der Waals surface area contributed by atoms with Crippen LogP contribution in [0.25, 0.3) is 10.9 Å². The van der Waals surface area contributed by atoms with Crippen molar-refractivity contribution in [1.29, 1.82) is 0 Å². The monoisotopic (exact) mass is 399 g/mol. The molecule has 2 aromatic rings. The van der Waals surface area contributed by atoms with E-state index in [0.29, 0.717) is 26.1 Å². The Hall–Kier alpha value is -1.89. The van der Waals surface area contributed by atoms with Gasteiger partial charge in [0.25, 0.3) is 5.91 Å². The van der Waals surface area contributed by atoms with Crippen molar-refractivity contribution in [3.63, 3.8) is 0 Å². The van der Waals surface area contributed by atoms with Crippen LogP contribution < -0.4 is 0 Å². The molecule has 4 rings (SSSR count). The highest BCUT2D eigenvalue weighted by atomic mass is 16.5. The van der Waals surface area contributed by atoms with Gasteiger partial charge in [0.05, 0.1) is 29.9 Å². The summed E-state index contributed by atoms with van der Waals surface area (Å²) < 4.78 is 6.10. The highest BCUT2D eigenvalue weighted by molar-refractivity contribution is 6.06. The molecule has 158 valence electrons. The standard InChI is InChI=1S/C23H33N3O3/c1-15-16(2)24-21-17(15)6-5-7-18(21)22(28)26-10-8-23(9-11-26)19(27)14-20(23)29-13-12-25(3)4/h5-7,19-20,24,27H,8-14H2,1-4H3/t19-,20+/m0/s1. The molecule has 2 heterocycles. The lowest BCUT2D eigenvalue weighted by Gasteiger charge is -2.56. The summed E-state index contributed by atoms with van der Waals surface area (Å²) in [7, 11) is 4.07. The predicted octanol–water partition coefficient (Wildman–Crippen LogP) is 2.72. The molecule has 1 aromatic carbocycles. The number of aromatic nitrogens is 1. The molecular formula is C23H33N3O3. The number of rotatable bonds is 5. The summed E-state index contributed by atoms with van der Waals surface area (Å²) in [4.78, 5) is 20.7. The van der Waals surface area contributed by atoms with Crippen molar-refractivity contribution in [2.45, 2.75) is 45.3 Å². The molecule has 1 saturated carbocycles. The molecule has 2 aliphatic rings. The number of carbonyl (C=O) groups excluding carboxylic acids is 1. The number of carbonyl (C=O) groups is 1. The van der Waals surface area contributed by atoms with Crippen LogP contribution in [-0.2, 0) is 4.74 Å². The molecule has 1 aliphatic heterocycles. The van der Waals surface area contributed by atoms with Crippen molar-refractivity contribution in [2.75, 3.05) is 40.3 Å². The maximum Gasteiger partial charge on any atom is 0.255 e. The minimum absolute atomic E-state index is 0.0746. The van der Waals surface area contributed by atoms with Gasteiger partial charge in [-0.05, 0) is 52.4 Å². The fourth-order valence-corrected chi connectivity index (χ4v) is 4.95. The van der Waals surface area contributed by atoms with Crippen molar-refractivity contribution < 1.29 is 14.6 Å². The fourth-order valence-electron chi connectivity index (χ4n) is 4.95. The molecular weight excluding hydrogens is 366 g/mol. The molecule has 1 saturated heterocycles. The van der Waals surface area contributed by atoms with Gasteiger partial charge < -0.3 is 24.6 Å². The number of nitrogens with zero attached hydrogens (tertiary/aromatic N) is 2. The molecule has 0 unspecified atom stereocenters. The number of benzene rings is 1. The second kappa shape index (κ2) is 7.74. The van der Waals surface area contributed by atoms with Gasteiger partial charge in [-0.1, -0.05) is 12.1 Å². The van der Waals surface area contributed by atoms with Gasteiger partial charge in [0.15, 0.2) is 0 Å². The molecule has 2 atom stereocenters. The first-order valence-corrected chi connectivity index (χ1v) is 10.6. The number of piperidine rings is 1. The number of aryl methyl sites for hydroxylation is 2. The number of nitrogens with one attached hydrogen (secondary N) is 1. The van der Waals surface area contributed by atoms with E-state index in [1.54, 1.807) is 0 Å². The van der Waals surface area contributed by atoms with Crippen molar-refractivity contribution in [3.05, 3.63) is 35.0 Å². The zero-order valence-electron chi connectivity index (χ0n) is 18.0. The number of H-pyrrole nitrogens is 1. The van der Waals surface area contributed by atoms with Crippen LogP contribution in [-0.4, -0.2) is 78.3 Å². The lowest BCUT2D eigenvalue weighted by molar-refractivity contribution is -0.209. The van der Waals surface area contributed by atoms with E-state index in [9.17, 15) is 9.90 Å². The van der Waals surface area contributed by atoms with E-state index >= 15 is 0 Å². The quantitative estimate of drug-likeness (QED) is 0.811. The summed E-state index contributed by atoms with van der Waals surface area (Å²) in [6.45, 7) is 7.02. The van der Waals surface area contributed by atoms with Gasteiger partial charge >= 0.3 is 0 Å². The van der Waals surface area contributed by atoms with E-state index in [0.717, 1.165) is 41.5 Å². The number of amides is 1. The third kappa shape index (κ3) is 3.47. The number of aromatic amines is 1. The first kappa shape index (κ1) is 20.4. The van der Waals surface area contributed by atoms with Gasteiger partial charge in [-0.25, -0.2) is 0 Å². The van der Waals surface area contributed by atoms with Crippen molar-refractivity contribution >= 4 is 16.8 Å². The Labute approximate surface area is 172 Å². The van der Waals surface area contributed by atoms with E-state index in [2.05, 4.69) is 22.9 Å². The van der Waals surface area contributed by atoms with Crippen LogP contribution in [0.1, 0.15) is 40.9 Å². The van der Waals surface area contributed by atoms with Crippen LogP contribution >= 0.6 is 0 Å². The lowest BCUT2D eigenvalue weighted by Crippen LogP contribution is -2.63. The van der Waals surface area contributed by atoms with Gasteiger partial charge in [0.1, 0.15) is 0 Å². The summed E-state index contributed by atoms with van der Waals surface area (Å²) in [5.41, 5.74) is 3.79. The van der Waals surface area contributed by atoms with Crippen molar-refractivity contribution in [2.24, 2.45) is 5.41 Å². The maximum absolute atomic E-state index is 13.3. The second-order valence-electron chi connectivity index (χ2n) is 9.04. The normalized spacial score (nSPS) is 23.7. The van der Waals surface area contributed by atoms with Crippen molar-refractivity contribution in [3.8, 4) is 0 Å². The molecule has 1 spiro atoms. The van der Waals surface area contributed by atoms with Gasteiger partial charge in [-0.15, -0.1) is 0 Å². The highest BCUT2D eigenvalue weighted by Crippen LogP contribution is 2.51. The van der Waals surface area contributed by atoms with Gasteiger partial charge in [-0.2, -0.15) is 0 Å². The Bertz CT molecular complexity index is 896. The Morgan fingerprint density at radius 2 is 2.03 bits per heavy atom. The first-order chi connectivity index (χ1) is 13.8. The molecule has 0 bridgehead atoms. The minimum atomic E-state index is -0.318. The number of likely N-dealkylation sites (N-methyl/N-ethyl adjacent to an activating group) is 1. The van der Waals surface area contributed by atoms with Crippen LogP contribution in [0, 0.1) is 19.3 Å². The Morgan fingerprint density at radius 1 is 1.31 bits per heavy atom. The fraction of sp³-hybridized carbons (Fsp3) is 0.609. The number of aliphatic hydroxyl groups is 1. The van der Waals surface area contributed by atoms with Crippen LogP contribution in [0.4, 0.5) is 0 Å². The lowest BCUT2D eigenvalue weighted by atomic mass is 9.58. The zero-order valence-corrected chi connectivity index (χ0v) is 18.0. The first-order valence-electron chi connectivity index (χ1n) is 10.6. The number of ether oxygens (including phenoxy) is 1. The van der Waals surface area contributed by atoms with Gasteiger partial charge in [0.2, 0.25) is 0 Å². The number of fused-ring (bicyclic) bond motifs is 1. The van der Waals surface area contributed by atoms with Crippen LogP contribution in [0.15, 0.2) is 18.2 Å². The van der Waals surface area contributed by atoms with Crippen LogP contribution in [0.5, 0.6) is 0 Å². The molecule has 1 amide bonds. The molecule has 1 aliphatic carbocycles. The van der Waals surface area contributed by atoms with E-state index in [-0.39, 0.29) is 23.5 Å². The molecule has 1 aromatic heterocycles. The summed E-state index contributed by atoms with van der Waals surface area (Å²) >= 11 is 0. The summed E-state index contributed by atoms with van der Waals surface area (Å²) in [5.74, 6) is 0.0746. The maximum atomic E-state index is 13.3.